The first-order chi connectivity index (χ1) is 9.92. The Hall–Kier alpha value is -1.96. The van der Waals surface area contributed by atoms with Gasteiger partial charge in [0.1, 0.15) is 0 Å². The summed E-state index contributed by atoms with van der Waals surface area (Å²) in [4.78, 5) is 39.0. The molecule has 1 heterocycles. The highest BCUT2D eigenvalue weighted by Crippen LogP contribution is 2.35. The third kappa shape index (κ3) is 3.38. The number of aliphatic carboxylic acids is 1. The molecule has 7 nitrogen and oxygen atoms in total. The zero-order chi connectivity index (χ0) is 15.6. The lowest BCUT2D eigenvalue weighted by molar-refractivity contribution is -0.316. The van der Waals surface area contributed by atoms with Crippen molar-refractivity contribution in [3.8, 4) is 0 Å². The molecule has 0 radical (unpaired) electrons. The Labute approximate surface area is 125 Å². The minimum absolute atomic E-state index is 0.0415. The van der Waals surface area contributed by atoms with Crippen LogP contribution >= 0.6 is 11.3 Å². The molecule has 2 atom stereocenters. The molecule has 2 rings (SSSR count). The number of hydrogen-bond donors (Lipinski definition) is 1. The van der Waals surface area contributed by atoms with Crippen molar-refractivity contribution in [2.45, 2.75) is 26.2 Å². The van der Waals surface area contributed by atoms with Gasteiger partial charge in [0, 0.05) is 22.7 Å². The summed E-state index contributed by atoms with van der Waals surface area (Å²) in [6, 6.07) is 0. The predicted molar refractivity (Wildman–Crippen MR) is 72.4 cm³/mol. The molecular weight excluding hydrogens is 296 g/mol. The molecule has 1 aromatic rings. The molecule has 1 aliphatic rings. The van der Waals surface area contributed by atoms with Gasteiger partial charge in [0.25, 0.3) is 0 Å². The molecule has 0 unspecified atom stereocenters. The summed E-state index contributed by atoms with van der Waals surface area (Å²) < 4.78 is 4.57. The molecule has 0 spiro atoms. The van der Waals surface area contributed by atoms with Crippen molar-refractivity contribution in [3.63, 3.8) is 0 Å². The first-order valence-electron chi connectivity index (χ1n) is 6.47. The lowest BCUT2D eigenvalue weighted by atomic mass is 9.73. The molecule has 0 aliphatic heterocycles. The van der Waals surface area contributed by atoms with E-state index in [0.29, 0.717) is 23.7 Å². The number of aryl methyl sites for hydroxylation is 1. The van der Waals surface area contributed by atoms with Gasteiger partial charge in [-0.2, -0.15) is 0 Å². The number of carbonyl (C=O) groups excluding carboxylic acids is 3. The van der Waals surface area contributed by atoms with Crippen LogP contribution in [0.2, 0.25) is 0 Å². The van der Waals surface area contributed by atoms with E-state index in [2.05, 4.69) is 15.0 Å². The van der Waals surface area contributed by atoms with Crippen molar-refractivity contribution in [2.75, 3.05) is 12.4 Å². The van der Waals surface area contributed by atoms with Crippen molar-refractivity contribution in [2.24, 2.45) is 11.8 Å². The van der Waals surface area contributed by atoms with Gasteiger partial charge in [0.05, 0.1) is 19.2 Å². The lowest BCUT2D eigenvalue weighted by Crippen LogP contribution is -2.46. The third-order valence-electron chi connectivity index (χ3n) is 3.58. The maximum absolute atomic E-state index is 12.0. The first kappa shape index (κ1) is 15.4. The zero-order valence-electron chi connectivity index (χ0n) is 11.7. The largest absolute Gasteiger partial charge is 0.550 e. The fourth-order valence-electron chi connectivity index (χ4n) is 2.15. The standard InChI is InChI=1S/C13H16N2O5S/c1-6-9(5-10(16)20-2)14-13(21-6)15-11(17)7-3-4-8(7)12(18)19/h7-8H,3-5H2,1-2H3,(H,18,19)(H,14,15,17)/p-1/t7-,8-/m0/s1. The highest BCUT2D eigenvalue weighted by molar-refractivity contribution is 7.15. The number of carboxylic acid groups (broad SMARTS) is 1. The SMILES string of the molecule is COC(=O)Cc1nc(NC(=O)[C@H]2CC[C@@H]2C(=O)[O-])sc1C. The number of rotatable bonds is 5. The van der Waals surface area contributed by atoms with E-state index in [1.165, 1.54) is 18.4 Å². The number of anilines is 1. The van der Waals surface area contributed by atoms with Crippen molar-refractivity contribution in [1.29, 1.82) is 0 Å². The van der Waals surface area contributed by atoms with Gasteiger partial charge in [0.15, 0.2) is 5.13 Å². The molecule has 0 bridgehead atoms. The monoisotopic (exact) mass is 311 g/mol. The molecule has 114 valence electrons. The van der Waals surface area contributed by atoms with E-state index in [4.69, 9.17) is 0 Å². The number of esters is 1. The van der Waals surface area contributed by atoms with Crippen LogP contribution in [0.15, 0.2) is 0 Å². The van der Waals surface area contributed by atoms with Gasteiger partial charge in [-0.3, -0.25) is 9.59 Å². The second-order valence-electron chi connectivity index (χ2n) is 4.87. The van der Waals surface area contributed by atoms with Crippen LogP contribution < -0.4 is 10.4 Å². The minimum Gasteiger partial charge on any atom is -0.550 e. The molecule has 8 heteroatoms. The minimum atomic E-state index is -1.19. The van der Waals surface area contributed by atoms with E-state index in [1.807, 2.05) is 0 Å². The molecule has 1 N–H and O–H groups in total. The van der Waals surface area contributed by atoms with Crippen LogP contribution in [0.1, 0.15) is 23.4 Å². The molecule has 0 aromatic carbocycles. The van der Waals surface area contributed by atoms with Crippen LogP contribution in [0.5, 0.6) is 0 Å². The van der Waals surface area contributed by atoms with Crippen LogP contribution in [0.25, 0.3) is 0 Å². The molecule has 1 aromatic heterocycles. The Kier molecular flexibility index (Phi) is 4.56. The molecular formula is C13H15N2O5S-. The molecule has 1 aliphatic carbocycles. The predicted octanol–water partition coefficient (Wildman–Crippen LogP) is -0.118. The number of thiazole rings is 1. The van der Waals surface area contributed by atoms with Crippen LogP contribution in [0, 0.1) is 18.8 Å². The van der Waals surface area contributed by atoms with Gasteiger partial charge >= 0.3 is 5.97 Å². The zero-order valence-corrected chi connectivity index (χ0v) is 12.5. The van der Waals surface area contributed by atoms with E-state index < -0.39 is 23.8 Å². The number of methoxy groups -OCH3 is 1. The van der Waals surface area contributed by atoms with E-state index >= 15 is 0 Å². The smallest absolute Gasteiger partial charge is 0.311 e. The lowest BCUT2D eigenvalue weighted by Gasteiger charge is -2.35. The van der Waals surface area contributed by atoms with Crippen molar-refractivity contribution >= 4 is 34.3 Å². The average molecular weight is 311 g/mol. The van der Waals surface area contributed by atoms with Gasteiger partial charge < -0.3 is 20.0 Å². The van der Waals surface area contributed by atoms with E-state index in [-0.39, 0.29) is 12.3 Å². The number of nitrogens with zero attached hydrogens (tertiary/aromatic N) is 1. The molecule has 0 saturated heterocycles. The topological polar surface area (TPSA) is 108 Å². The number of aromatic nitrogens is 1. The summed E-state index contributed by atoms with van der Waals surface area (Å²) in [5.41, 5.74) is 0.548. The maximum Gasteiger partial charge on any atom is 0.311 e. The molecule has 21 heavy (non-hydrogen) atoms. The summed E-state index contributed by atoms with van der Waals surface area (Å²) in [6.45, 7) is 1.79. The van der Waals surface area contributed by atoms with Crippen molar-refractivity contribution in [1.82, 2.24) is 4.98 Å². The van der Waals surface area contributed by atoms with Gasteiger partial charge in [-0.1, -0.05) is 0 Å². The van der Waals surface area contributed by atoms with Crippen molar-refractivity contribution in [3.05, 3.63) is 10.6 Å². The van der Waals surface area contributed by atoms with Gasteiger partial charge in [-0.15, -0.1) is 11.3 Å². The number of ether oxygens (including phenoxy) is 1. The molecule has 1 saturated carbocycles. The highest BCUT2D eigenvalue weighted by Gasteiger charge is 2.37. The highest BCUT2D eigenvalue weighted by atomic mass is 32.1. The van der Waals surface area contributed by atoms with Crippen LogP contribution in [0.4, 0.5) is 5.13 Å². The average Bonchev–Trinajstić information content (AvgIpc) is 2.66. The fraction of sp³-hybridized carbons (Fsp3) is 0.538. The second-order valence-corrected chi connectivity index (χ2v) is 6.08. The Balaban J connectivity index is 2.00. The summed E-state index contributed by atoms with van der Waals surface area (Å²) in [6.07, 6.45) is 1.04. The van der Waals surface area contributed by atoms with Gasteiger partial charge in [-0.25, -0.2) is 4.98 Å². The fourth-order valence-corrected chi connectivity index (χ4v) is 2.98. The Bertz CT molecular complexity index is 583. The number of carboxylic acids is 1. The van der Waals surface area contributed by atoms with Crippen LogP contribution in [-0.2, 0) is 25.5 Å². The quantitative estimate of drug-likeness (QED) is 0.760. The number of carbonyl (C=O) groups is 3. The van der Waals surface area contributed by atoms with Gasteiger partial charge in [-0.05, 0) is 19.8 Å². The van der Waals surface area contributed by atoms with E-state index in [9.17, 15) is 19.5 Å². The van der Waals surface area contributed by atoms with E-state index in [0.717, 1.165) is 4.88 Å². The second kappa shape index (κ2) is 6.21. The Morgan fingerprint density at radius 1 is 1.38 bits per heavy atom. The van der Waals surface area contributed by atoms with Crippen molar-refractivity contribution < 1.29 is 24.2 Å². The number of hydrogen-bond acceptors (Lipinski definition) is 7. The van der Waals surface area contributed by atoms with Crippen LogP contribution in [0.3, 0.4) is 0 Å². The first-order valence-corrected chi connectivity index (χ1v) is 7.29. The summed E-state index contributed by atoms with van der Waals surface area (Å²) in [5, 5.41) is 13.8. The summed E-state index contributed by atoms with van der Waals surface area (Å²) in [7, 11) is 1.30. The normalized spacial score (nSPS) is 20.5. The number of amides is 1. The molecule has 1 fully saturated rings. The van der Waals surface area contributed by atoms with Crippen LogP contribution in [-0.4, -0.2) is 29.9 Å². The summed E-state index contributed by atoms with van der Waals surface area (Å²) in [5.74, 6) is -3.25. The van der Waals surface area contributed by atoms with Gasteiger partial charge in [0.2, 0.25) is 5.91 Å². The molecule has 1 amide bonds. The number of nitrogens with one attached hydrogen (secondary N) is 1. The Morgan fingerprint density at radius 2 is 2.05 bits per heavy atom. The summed E-state index contributed by atoms with van der Waals surface area (Å²) >= 11 is 1.24. The Morgan fingerprint density at radius 3 is 2.57 bits per heavy atom. The maximum atomic E-state index is 12.0. The van der Waals surface area contributed by atoms with E-state index in [1.54, 1.807) is 6.92 Å². The third-order valence-corrected chi connectivity index (χ3v) is 4.50.